The Bertz CT molecular complexity index is 1290. The highest BCUT2D eigenvalue weighted by Gasteiger charge is 2.22. The number of fused-ring (bicyclic) bond motifs is 1. The van der Waals surface area contributed by atoms with E-state index in [9.17, 15) is 4.79 Å². The highest BCUT2D eigenvalue weighted by molar-refractivity contribution is 6.00. The molecule has 0 bridgehead atoms. The van der Waals surface area contributed by atoms with E-state index in [0.29, 0.717) is 45.3 Å². The molecule has 158 valence electrons. The molecule has 0 atom stereocenters. The van der Waals surface area contributed by atoms with E-state index in [4.69, 9.17) is 23.4 Å². The van der Waals surface area contributed by atoms with Crippen molar-refractivity contribution in [3.63, 3.8) is 0 Å². The maximum Gasteiger partial charge on any atom is 0.197 e. The quantitative estimate of drug-likeness (QED) is 0.431. The number of benzene rings is 3. The van der Waals surface area contributed by atoms with Crippen molar-refractivity contribution in [2.45, 2.75) is 0 Å². The second-order valence-corrected chi connectivity index (χ2v) is 6.77. The molecule has 0 spiro atoms. The van der Waals surface area contributed by atoms with Crippen LogP contribution in [0.15, 0.2) is 69.9 Å². The van der Waals surface area contributed by atoms with Crippen LogP contribution in [-0.2, 0) is 0 Å². The maximum absolute atomic E-state index is 13.1. The minimum absolute atomic E-state index is 0.207. The summed E-state index contributed by atoms with van der Waals surface area (Å²) < 4.78 is 28.2. The summed E-state index contributed by atoms with van der Waals surface area (Å²) in [4.78, 5) is 13.1. The van der Waals surface area contributed by atoms with Gasteiger partial charge in [0, 0.05) is 17.7 Å². The molecule has 6 heteroatoms. The van der Waals surface area contributed by atoms with E-state index in [2.05, 4.69) is 0 Å². The summed E-state index contributed by atoms with van der Waals surface area (Å²) >= 11 is 0. The monoisotopic (exact) mass is 418 g/mol. The summed E-state index contributed by atoms with van der Waals surface area (Å²) in [6, 6.07) is 18.1. The molecule has 0 radical (unpaired) electrons. The Balaban J connectivity index is 2.10. The number of hydrogen-bond acceptors (Lipinski definition) is 6. The van der Waals surface area contributed by atoms with Crippen molar-refractivity contribution < 1.29 is 23.4 Å². The zero-order valence-corrected chi connectivity index (χ0v) is 17.7. The minimum Gasteiger partial charge on any atom is -0.496 e. The predicted octanol–water partition coefficient (Wildman–Crippen LogP) is 5.16. The Hall–Kier alpha value is -3.93. The molecule has 0 aliphatic heterocycles. The molecule has 0 aliphatic rings. The van der Waals surface area contributed by atoms with E-state index in [1.807, 2.05) is 42.5 Å². The second-order valence-electron chi connectivity index (χ2n) is 6.77. The Morgan fingerprint density at radius 2 is 1.32 bits per heavy atom. The van der Waals surface area contributed by atoms with Gasteiger partial charge in [0.1, 0.15) is 22.6 Å². The molecule has 0 fully saturated rings. The first-order valence-electron chi connectivity index (χ1n) is 9.62. The van der Waals surface area contributed by atoms with E-state index in [1.165, 1.54) is 13.2 Å². The van der Waals surface area contributed by atoms with Gasteiger partial charge >= 0.3 is 0 Å². The molecule has 3 aromatic carbocycles. The summed E-state index contributed by atoms with van der Waals surface area (Å²) in [7, 11) is 6.21. The maximum atomic E-state index is 13.1. The highest BCUT2D eigenvalue weighted by atomic mass is 16.5. The van der Waals surface area contributed by atoms with Crippen molar-refractivity contribution in [2.75, 3.05) is 28.4 Å². The molecular formula is C25H22O6. The molecule has 0 saturated carbocycles. The molecule has 31 heavy (non-hydrogen) atoms. The number of rotatable bonds is 6. The van der Waals surface area contributed by atoms with Crippen molar-refractivity contribution >= 4 is 11.0 Å². The topological polar surface area (TPSA) is 67.1 Å². The Morgan fingerprint density at radius 3 is 1.97 bits per heavy atom. The minimum atomic E-state index is -0.207. The third-order valence-electron chi connectivity index (χ3n) is 5.10. The van der Waals surface area contributed by atoms with Crippen LogP contribution >= 0.6 is 0 Å². The number of hydrogen-bond donors (Lipinski definition) is 0. The van der Waals surface area contributed by atoms with Crippen molar-refractivity contribution in [3.8, 4) is 45.4 Å². The molecule has 0 amide bonds. The van der Waals surface area contributed by atoms with Crippen LogP contribution in [0.2, 0.25) is 0 Å². The average molecular weight is 418 g/mol. The van der Waals surface area contributed by atoms with Gasteiger partial charge in [0.25, 0.3) is 0 Å². The fraction of sp³-hybridized carbons (Fsp3) is 0.160. The number of methoxy groups -OCH3 is 4. The first-order chi connectivity index (χ1) is 15.1. The van der Waals surface area contributed by atoms with Crippen molar-refractivity contribution in [2.24, 2.45) is 0 Å². The van der Waals surface area contributed by atoms with Gasteiger partial charge in [-0.15, -0.1) is 0 Å². The standard InChI is InChI=1S/C25H22O6/c1-27-18-11-10-16(12-20(18)28-2)23-21(29-3)14-22(30-4)24-17(26)13-19(31-25(23)24)15-8-6-5-7-9-15/h5-14H,1-4H3. The molecular weight excluding hydrogens is 396 g/mol. The van der Waals surface area contributed by atoms with Gasteiger partial charge in [-0.25, -0.2) is 0 Å². The molecule has 6 nitrogen and oxygen atoms in total. The van der Waals surface area contributed by atoms with Gasteiger partial charge in [-0.05, 0) is 17.7 Å². The van der Waals surface area contributed by atoms with Crippen molar-refractivity contribution in [3.05, 3.63) is 70.9 Å². The molecule has 0 N–H and O–H groups in total. The summed E-state index contributed by atoms with van der Waals surface area (Å²) in [5, 5.41) is 0.341. The van der Waals surface area contributed by atoms with E-state index in [0.717, 1.165) is 11.1 Å². The highest BCUT2D eigenvalue weighted by Crippen LogP contribution is 2.44. The third-order valence-corrected chi connectivity index (χ3v) is 5.10. The van der Waals surface area contributed by atoms with E-state index < -0.39 is 0 Å². The summed E-state index contributed by atoms with van der Waals surface area (Å²) in [6.07, 6.45) is 0. The van der Waals surface area contributed by atoms with Crippen molar-refractivity contribution in [1.29, 1.82) is 0 Å². The molecule has 1 heterocycles. The van der Waals surface area contributed by atoms with Gasteiger partial charge in [-0.2, -0.15) is 0 Å². The second kappa shape index (κ2) is 8.44. The molecule has 0 saturated heterocycles. The van der Waals surface area contributed by atoms with Crippen LogP contribution in [0.4, 0.5) is 0 Å². The summed E-state index contributed by atoms with van der Waals surface area (Å²) in [5.74, 6) is 2.48. The fourth-order valence-electron chi connectivity index (χ4n) is 3.61. The zero-order valence-electron chi connectivity index (χ0n) is 17.7. The first-order valence-corrected chi connectivity index (χ1v) is 9.62. The van der Waals surface area contributed by atoms with Crippen LogP contribution in [-0.4, -0.2) is 28.4 Å². The molecule has 0 unspecified atom stereocenters. The SMILES string of the molecule is COc1ccc(-c2c(OC)cc(OC)c3c(=O)cc(-c4ccccc4)oc23)cc1OC. The Kier molecular flexibility index (Phi) is 5.54. The van der Waals surface area contributed by atoms with Crippen LogP contribution < -0.4 is 24.4 Å². The third kappa shape index (κ3) is 3.57. The Labute approximate surface area is 179 Å². The average Bonchev–Trinajstić information content (AvgIpc) is 2.82. The number of ether oxygens (including phenoxy) is 4. The summed E-state index contributed by atoms with van der Waals surface area (Å²) in [6.45, 7) is 0. The first kappa shape index (κ1) is 20.3. The zero-order chi connectivity index (χ0) is 22.0. The van der Waals surface area contributed by atoms with Crippen LogP contribution in [0.25, 0.3) is 33.4 Å². The Morgan fingerprint density at radius 1 is 0.645 bits per heavy atom. The lowest BCUT2D eigenvalue weighted by Gasteiger charge is -2.16. The van der Waals surface area contributed by atoms with Crippen LogP contribution in [0.3, 0.4) is 0 Å². The van der Waals surface area contributed by atoms with Gasteiger partial charge in [-0.1, -0.05) is 36.4 Å². The van der Waals surface area contributed by atoms with Crippen molar-refractivity contribution in [1.82, 2.24) is 0 Å². The largest absolute Gasteiger partial charge is 0.496 e. The lowest BCUT2D eigenvalue weighted by atomic mass is 9.99. The lowest BCUT2D eigenvalue weighted by molar-refractivity contribution is 0.355. The predicted molar refractivity (Wildman–Crippen MR) is 120 cm³/mol. The van der Waals surface area contributed by atoms with Crippen LogP contribution in [0, 0.1) is 0 Å². The van der Waals surface area contributed by atoms with Crippen LogP contribution in [0.5, 0.6) is 23.0 Å². The fourth-order valence-corrected chi connectivity index (χ4v) is 3.61. The molecule has 0 aliphatic carbocycles. The van der Waals surface area contributed by atoms with Crippen LogP contribution in [0.1, 0.15) is 0 Å². The van der Waals surface area contributed by atoms with E-state index in [1.54, 1.807) is 33.5 Å². The van der Waals surface area contributed by atoms with Gasteiger partial charge in [-0.3, -0.25) is 4.79 Å². The van der Waals surface area contributed by atoms with E-state index >= 15 is 0 Å². The normalized spacial score (nSPS) is 10.7. The summed E-state index contributed by atoms with van der Waals surface area (Å²) in [5.41, 5.74) is 2.32. The molecule has 4 aromatic rings. The molecule has 1 aromatic heterocycles. The smallest absolute Gasteiger partial charge is 0.197 e. The van der Waals surface area contributed by atoms with Gasteiger partial charge in [0.15, 0.2) is 22.5 Å². The lowest BCUT2D eigenvalue weighted by Crippen LogP contribution is -2.05. The van der Waals surface area contributed by atoms with Gasteiger partial charge in [0.05, 0.1) is 34.0 Å². The van der Waals surface area contributed by atoms with E-state index in [-0.39, 0.29) is 5.43 Å². The van der Waals surface area contributed by atoms with Gasteiger partial charge < -0.3 is 23.4 Å². The molecule has 4 rings (SSSR count). The van der Waals surface area contributed by atoms with Gasteiger partial charge in [0.2, 0.25) is 0 Å².